The summed E-state index contributed by atoms with van der Waals surface area (Å²) in [4.78, 5) is 7.14. The van der Waals surface area contributed by atoms with Gasteiger partial charge in [-0.25, -0.2) is 4.98 Å². The van der Waals surface area contributed by atoms with E-state index in [0.29, 0.717) is 0 Å². The summed E-state index contributed by atoms with van der Waals surface area (Å²) in [5, 5.41) is 7.85. The van der Waals surface area contributed by atoms with Crippen molar-refractivity contribution < 1.29 is 0 Å². The molecule has 3 aromatic carbocycles. The SMILES string of the molecule is C[Si](C)(B1Nc2cccc3cccc(c23)N1c1ccccn1)c1ccccc1. The van der Waals surface area contributed by atoms with Gasteiger partial charge in [-0.2, -0.15) is 0 Å². The molecule has 1 aliphatic heterocycles. The second-order valence-electron chi connectivity index (χ2n) is 7.87. The number of pyridine rings is 1. The molecule has 28 heavy (non-hydrogen) atoms. The normalized spacial score (nSPS) is 13.5. The number of aromatic nitrogens is 1. The molecule has 5 heteroatoms. The van der Waals surface area contributed by atoms with Gasteiger partial charge in [-0.05, 0) is 29.7 Å². The number of nitrogens with one attached hydrogen (secondary N) is 1. The van der Waals surface area contributed by atoms with Crippen molar-refractivity contribution in [3.63, 3.8) is 0 Å². The molecule has 0 saturated carbocycles. The molecule has 1 aliphatic rings. The summed E-state index contributed by atoms with van der Waals surface area (Å²) in [5.74, 6) is 0.985. The van der Waals surface area contributed by atoms with Gasteiger partial charge < -0.3 is 10.0 Å². The Morgan fingerprint density at radius 1 is 0.821 bits per heavy atom. The van der Waals surface area contributed by atoms with Gasteiger partial charge in [0.25, 0.3) is 0 Å². The van der Waals surface area contributed by atoms with Gasteiger partial charge in [0.1, 0.15) is 13.8 Å². The Balaban J connectivity index is 1.76. The summed E-state index contributed by atoms with van der Waals surface area (Å²) in [6, 6.07) is 30.1. The molecule has 1 N–H and O–H groups in total. The predicted molar refractivity (Wildman–Crippen MR) is 123 cm³/mol. The maximum absolute atomic E-state index is 4.73. The second-order valence-corrected chi connectivity index (χ2v) is 12.4. The van der Waals surface area contributed by atoms with Gasteiger partial charge >= 0.3 is 6.57 Å². The molecule has 0 radical (unpaired) electrons. The largest absolute Gasteiger partial charge is 0.411 e. The van der Waals surface area contributed by atoms with Crippen LogP contribution in [0.1, 0.15) is 0 Å². The summed E-state index contributed by atoms with van der Waals surface area (Å²) in [6.07, 6.45) is 1.88. The molecule has 0 amide bonds. The molecule has 0 spiro atoms. The van der Waals surface area contributed by atoms with Crippen molar-refractivity contribution in [2.75, 3.05) is 10.0 Å². The van der Waals surface area contributed by atoms with E-state index in [-0.39, 0.29) is 6.57 Å². The van der Waals surface area contributed by atoms with Gasteiger partial charge in [-0.1, -0.05) is 78.9 Å². The first-order valence-corrected chi connectivity index (χ1v) is 12.8. The van der Waals surface area contributed by atoms with Crippen LogP contribution < -0.4 is 15.2 Å². The van der Waals surface area contributed by atoms with Crippen LogP contribution in [0, 0.1) is 0 Å². The lowest BCUT2D eigenvalue weighted by atomic mass is 9.92. The maximum Gasteiger partial charge on any atom is 0.364 e. The van der Waals surface area contributed by atoms with Gasteiger partial charge in [0.05, 0.1) is 0 Å². The lowest BCUT2D eigenvalue weighted by Gasteiger charge is -2.43. The Labute approximate surface area is 167 Å². The van der Waals surface area contributed by atoms with Gasteiger partial charge in [0.2, 0.25) is 0 Å². The van der Waals surface area contributed by atoms with Gasteiger partial charge in [-0.15, -0.1) is 0 Å². The van der Waals surface area contributed by atoms with Crippen molar-refractivity contribution in [3.8, 4) is 0 Å². The lowest BCUT2D eigenvalue weighted by molar-refractivity contribution is 1.23. The van der Waals surface area contributed by atoms with E-state index in [0.717, 1.165) is 5.82 Å². The van der Waals surface area contributed by atoms with Crippen molar-refractivity contribution in [1.29, 1.82) is 0 Å². The standard InChI is InChI=1S/C23H22BN3Si/c1-28(2,19-12-4-3-5-13-19)24-26-20-14-8-10-18-11-9-15-21(23(18)20)27(24)22-16-6-7-17-25-22/h3-17,26H,1-2H3. The predicted octanol–water partition coefficient (Wildman–Crippen LogP) is 4.98. The molecule has 5 rings (SSSR count). The Morgan fingerprint density at radius 3 is 2.32 bits per heavy atom. The topological polar surface area (TPSA) is 28.2 Å². The van der Waals surface area contributed by atoms with Crippen LogP contribution in [0.5, 0.6) is 0 Å². The zero-order valence-electron chi connectivity index (χ0n) is 16.1. The summed E-state index contributed by atoms with van der Waals surface area (Å²) in [7, 11) is -1.93. The number of hydrogen-bond acceptors (Lipinski definition) is 3. The van der Waals surface area contributed by atoms with Crippen LogP contribution in [-0.2, 0) is 0 Å². The molecule has 1 aromatic heterocycles. The summed E-state index contributed by atoms with van der Waals surface area (Å²) >= 11 is 0. The fourth-order valence-electron chi connectivity index (χ4n) is 4.27. The number of nitrogens with zero attached hydrogens (tertiary/aromatic N) is 2. The number of benzene rings is 3. The van der Waals surface area contributed by atoms with E-state index in [2.05, 4.69) is 102 Å². The monoisotopic (exact) mass is 379 g/mol. The highest BCUT2D eigenvalue weighted by Gasteiger charge is 2.46. The van der Waals surface area contributed by atoms with Crippen LogP contribution in [0.2, 0.25) is 13.1 Å². The molecule has 0 aliphatic carbocycles. The van der Waals surface area contributed by atoms with Crippen molar-refractivity contribution in [1.82, 2.24) is 4.98 Å². The second kappa shape index (κ2) is 6.53. The Kier molecular flexibility index (Phi) is 3.98. The molecule has 0 bridgehead atoms. The molecular formula is C23H22BN3Si. The quantitative estimate of drug-likeness (QED) is 0.509. The smallest absolute Gasteiger partial charge is 0.364 e. The third kappa shape index (κ3) is 2.62. The maximum atomic E-state index is 4.73. The Morgan fingerprint density at radius 2 is 1.57 bits per heavy atom. The highest BCUT2D eigenvalue weighted by Crippen LogP contribution is 2.41. The zero-order valence-corrected chi connectivity index (χ0v) is 17.1. The fourth-order valence-corrected chi connectivity index (χ4v) is 7.07. The molecule has 2 heterocycles. The van der Waals surface area contributed by atoms with Crippen LogP contribution >= 0.6 is 0 Å². The van der Waals surface area contributed by atoms with Crippen molar-refractivity contribution in [2.45, 2.75) is 13.1 Å². The molecule has 3 nitrogen and oxygen atoms in total. The first-order chi connectivity index (χ1) is 13.7. The van der Waals surface area contributed by atoms with Crippen LogP contribution in [-0.4, -0.2) is 19.5 Å². The highest BCUT2D eigenvalue weighted by atomic mass is 28.3. The van der Waals surface area contributed by atoms with Crippen LogP contribution in [0.3, 0.4) is 0 Å². The summed E-state index contributed by atoms with van der Waals surface area (Å²) in [5.41, 5.74) is 2.44. The van der Waals surface area contributed by atoms with Crippen molar-refractivity contribution in [3.05, 3.63) is 91.1 Å². The third-order valence-electron chi connectivity index (χ3n) is 5.79. The summed E-state index contributed by atoms with van der Waals surface area (Å²) in [6.45, 7) is 5.03. The first kappa shape index (κ1) is 17.1. The average molecular weight is 379 g/mol. The number of hydrogen-bond donors (Lipinski definition) is 1. The Bertz CT molecular complexity index is 1130. The van der Waals surface area contributed by atoms with E-state index in [1.165, 1.54) is 27.3 Å². The third-order valence-corrected chi connectivity index (χ3v) is 9.38. The molecule has 136 valence electrons. The zero-order chi connectivity index (χ0) is 19.1. The molecule has 0 saturated heterocycles. The van der Waals surface area contributed by atoms with E-state index in [9.17, 15) is 0 Å². The molecule has 4 aromatic rings. The minimum absolute atomic E-state index is 0.158. The van der Waals surface area contributed by atoms with E-state index in [4.69, 9.17) is 4.98 Å². The van der Waals surface area contributed by atoms with Gasteiger partial charge in [0, 0.05) is 23.0 Å². The minimum atomic E-state index is -1.93. The van der Waals surface area contributed by atoms with Crippen LogP contribution in [0.4, 0.5) is 17.2 Å². The Hall–Kier alpha value is -3.05. The first-order valence-electron chi connectivity index (χ1n) is 9.70. The van der Waals surface area contributed by atoms with E-state index >= 15 is 0 Å². The lowest BCUT2D eigenvalue weighted by Crippen LogP contribution is -2.68. The van der Waals surface area contributed by atoms with Crippen molar-refractivity contribution in [2.24, 2.45) is 0 Å². The molecule has 0 atom stereocenters. The van der Waals surface area contributed by atoms with Gasteiger partial charge in [-0.3, -0.25) is 0 Å². The van der Waals surface area contributed by atoms with Crippen LogP contribution in [0.15, 0.2) is 91.1 Å². The summed E-state index contributed by atoms with van der Waals surface area (Å²) < 4.78 is 0. The van der Waals surface area contributed by atoms with E-state index in [1.54, 1.807) is 0 Å². The van der Waals surface area contributed by atoms with Crippen LogP contribution in [0.25, 0.3) is 10.8 Å². The van der Waals surface area contributed by atoms with Crippen molar-refractivity contribution >= 4 is 47.7 Å². The molecule has 0 unspecified atom stereocenters. The molecular weight excluding hydrogens is 357 g/mol. The highest BCUT2D eigenvalue weighted by molar-refractivity contribution is 7.40. The number of anilines is 3. The average Bonchev–Trinajstić information content (AvgIpc) is 2.75. The van der Waals surface area contributed by atoms with E-state index < -0.39 is 7.94 Å². The molecule has 0 fully saturated rings. The number of rotatable bonds is 3. The minimum Gasteiger partial charge on any atom is -0.411 e. The van der Waals surface area contributed by atoms with Gasteiger partial charge in [0.15, 0.2) is 0 Å². The fraction of sp³-hybridized carbons (Fsp3) is 0.0870. The van der Waals surface area contributed by atoms with E-state index in [1.807, 2.05) is 12.3 Å².